The molecule has 0 amide bonds. The molecular formula is C15H14F2O2. The van der Waals surface area contributed by atoms with Crippen LogP contribution in [0.3, 0.4) is 0 Å². The van der Waals surface area contributed by atoms with Crippen LogP contribution in [0.25, 0.3) is 0 Å². The fourth-order valence-corrected chi connectivity index (χ4v) is 1.93. The maximum absolute atomic E-state index is 12.3. The first-order valence-corrected chi connectivity index (χ1v) is 5.86. The van der Waals surface area contributed by atoms with Gasteiger partial charge in [0.25, 0.3) is 0 Å². The van der Waals surface area contributed by atoms with Crippen LogP contribution in [-0.2, 0) is 0 Å². The van der Waals surface area contributed by atoms with Crippen molar-refractivity contribution in [3.8, 4) is 5.75 Å². The van der Waals surface area contributed by atoms with E-state index < -0.39 is 12.7 Å². The summed E-state index contributed by atoms with van der Waals surface area (Å²) in [4.78, 5) is 0. The van der Waals surface area contributed by atoms with E-state index in [1.165, 1.54) is 6.07 Å². The fraction of sp³-hybridized carbons (Fsp3) is 0.200. The first kappa shape index (κ1) is 13.5. The third-order valence-corrected chi connectivity index (χ3v) is 2.79. The summed E-state index contributed by atoms with van der Waals surface area (Å²) in [5, 5.41) is 10.3. The summed E-state index contributed by atoms with van der Waals surface area (Å²) in [6.45, 7) is -1.01. The van der Waals surface area contributed by atoms with Crippen LogP contribution in [0.4, 0.5) is 8.78 Å². The lowest BCUT2D eigenvalue weighted by atomic mass is 9.99. The van der Waals surface area contributed by atoms with Crippen molar-refractivity contribution in [3.05, 3.63) is 65.2 Å². The number of alkyl halides is 2. The number of aryl methyl sites for hydroxylation is 1. The molecule has 19 heavy (non-hydrogen) atoms. The van der Waals surface area contributed by atoms with Crippen LogP contribution in [0.1, 0.15) is 22.8 Å². The van der Waals surface area contributed by atoms with E-state index in [0.717, 1.165) is 5.56 Å². The largest absolute Gasteiger partial charge is 0.434 e. The summed E-state index contributed by atoms with van der Waals surface area (Å²) in [6, 6.07) is 13.5. The molecular weight excluding hydrogens is 250 g/mol. The molecule has 2 rings (SSSR count). The van der Waals surface area contributed by atoms with Gasteiger partial charge in [0, 0.05) is 5.56 Å². The van der Waals surface area contributed by atoms with E-state index in [1.54, 1.807) is 24.3 Å². The molecule has 0 heterocycles. The van der Waals surface area contributed by atoms with Crippen molar-refractivity contribution in [2.24, 2.45) is 0 Å². The molecule has 1 atom stereocenters. The average Bonchev–Trinajstić information content (AvgIpc) is 2.38. The number of aliphatic hydroxyl groups is 1. The van der Waals surface area contributed by atoms with Crippen LogP contribution >= 0.6 is 0 Å². The molecule has 0 aromatic heterocycles. The summed E-state index contributed by atoms with van der Waals surface area (Å²) in [7, 11) is 0. The number of rotatable bonds is 4. The number of halogens is 2. The van der Waals surface area contributed by atoms with Crippen LogP contribution in [-0.4, -0.2) is 11.7 Å². The minimum absolute atomic E-state index is 0.00786. The van der Waals surface area contributed by atoms with Crippen LogP contribution < -0.4 is 4.74 Å². The minimum atomic E-state index is -2.91. The molecule has 1 N–H and O–H groups in total. The number of hydrogen-bond acceptors (Lipinski definition) is 2. The monoisotopic (exact) mass is 264 g/mol. The zero-order chi connectivity index (χ0) is 13.8. The van der Waals surface area contributed by atoms with Gasteiger partial charge in [-0.05, 0) is 18.6 Å². The fourth-order valence-electron chi connectivity index (χ4n) is 1.93. The van der Waals surface area contributed by atoms with Crippen LogP contribution in [0, 0.1) is 6.92 Å². The molecule has 0 spiro atoms. The van der Waals surface area contributed by atoms with E-state index in [2.05, 4.69) is 4.74 Å². The molecule has 100 valence electrons. The average molecular weight is 264 g/mol. The first-order valence-electron chi connectivity index (χ1n) is 5.86. The van der Waals surface area contributed by atoms with Gasteiger partial charge >= 0.3 is 6.61 Å². The molecule has 0 aliphatic carbocycles. The Morgan fingerprint density at radius 3 is 2.47 bits per heavy atom. The molecule has 1 unspecified atom stereocenters. The molecule has 0 saturated carbocycles. The first-order chi connectivity index (χ1) is 9.08. The Bertz CT molecular complexity index is 555. The lowest BCUT2D eigenvalue weighted by Crippen LogP contribution is -2.08. The minimum Gasteiger partial charge on any atom is -0.434 e. The van der Waals surface area contributed by atoms with Crippen LogP contribution in [0.2, 0.25) is 0 Å². The summed E-state index contributed by atoms with van der Waals surface area (Å²) in [6.07, 6.45) is -0.991. The molecule has 0 bridgehead atoms. The van der Waals surface area contributed by atoms with Gasteiger partial charge in [-0.3, -0.25) is 0 Å². The van der Waals surface area contributed by atoms with Crippen molar-refractivity contribution in [1.82, 2.24) is 0 Å². The molecule has 4 heteroatoms. The number of aliphatic hydroxyl groups excluding tert-OH is 1. The predicted octanol–water partition coefficient (Wildman–Crippen LogP) is 3.68. The van der Waals surface area contributed by atoms with Gasteiger partial charge in [0.2, 0.25) is 0 Å². The van der Waals surface area contributed by atoms with Gasteiger partial charge in [0.1, 0.15) is 11.9 Å². The Balaban J connectivity index is 2.35. The number of benzene rings is 2. The number of ether oxygens (including phenoxy) is 1. The normalized spacial score (nSPS) is 12.5. The van der Waals surface area contributed by atoms with E-state index in [9.17, 15) is 13.9 Å². The molecule has 2 aromatic carbocycles. The van der Waals surface area contributed by atoms with Gasteiger partial charge in [-0.2, -0.15) is 8.78 Å². The molecule has 0 saturated heterocycles. The van der Waals surface area contributed by atoms with Gasteiger partial charge in [-0.15, -0.1) is 0 Å². The third kappa shape index (κ3) is 3.29. The van der Waals surface area contributed by atoms with E-state index in [1.807, 2.05) is 25.1 Å². The maximum Gasteiger partial charge on any atom is 0.387 e. The lowest BCUT2D eigenvalue weighted by Gasteiger charge is -2.16. The zero-order valence-electron chi connectivity index (χ0n) is 10.4. The van der Waals surface area contributed by atoms with Crippen molar-refractivity contribution in [2.45, 2.75) is 19.6 Å². The highest BCUT2D eigenvalue weighted by molar-refractivity contribution is 5.41. The van der Waals surface area contributed by atoms with Gasteiger partial charge < -0.3 is 9.84 Å². The molecule has 2 nitrogen and oxygen atoms in total. The Morgan fingerprint density at radius 1 is 1.05 bits per heavy atom. The smallest absolute Gasteiger partial charge is 0.387 e. The highest BCUT2D eigenvalue weighted by atomic mass is 19.3. The summed E-state index contributed by atoms with van der Waals surface area (Å²) < 4.78 is 29.1. The van der Waals surface area contributed by atoms with Gasteiger partial charge in [0.05, 0.1) is 0 Å². The lowest BCUT2D eigenvalue weighted by molar-refractivity contribution is -0.0512. The van der Waals surface area contributed by atoms with Crippen molar-refractivity contribution < 1.29 is 18.6 Å². The maximum atomic E-state index is 12.3. The number of hydrogen-bond donors (Lipinski definition) is 1. The second kappa shape index (κ2) is 5.80. The Labute approximate surface area is 110 Å². The highest BCUT2D eigenvalue weighted by Crippen LogP contribution is 2.31. The van der Waals surface area contributed by atoms with Gasteiger partial charge in [-0.1, -0.05) is 48.0 Å². The van der Waals surface area contributed by atoms with E-state index in [4.69, 9.17) is 0 Å². The van der Waals surface area contributed by atoms with Crippen molar-refractivity contribution in [3.63, 3.8) is 0 Å². The highest BCUT2D eigenvalue weighted by Gasteiger charge is 2.17. The predicted molar refractivity (Wildman–Crippen MR) is 68.3 cm³/mol. The summed E-state index contributed by atoms with van der Waals surface area (Å²) >= 11 is 0. The van der Waals surface area contributed by atoms with E-state index in [-0.39, 0.29) is 5.75 Å². The molecule has 0 aliphatic heterocycles. The van der Waals surface area contributed by atoms with Crippen molar-refractivity contribution >= 4 is 0 Å². The van der Waals surface area contributed by atoms with Crippen molar-refractivity contribution in [1.29, 1.82) is 0 Å². The van der Waals surface area contributed by atoms with Gasteiger partial charge in [-0.25, -0.2) is 0 Å². The third-order valence-electron chi connectivity index (χ3n) is 2.79. The Hall–Kier alpha value is -1.94. The second-order valence-corrected chi connectivity index (χ2v) is 4.23. The number of para-hydroxylation sites is 1. The SMILES string of the molecule is Cc1cccc(C(O)c2ccccc2OC(F)F)c1. The topological polar surface area (TPSA) is 29.5 Å². The van der Waals surface area contributed by atoms with Gasteiger partial charge in [0.15, 0.2) is 0 Å². The van der Waals surface area contributed by atoms with Crippen LogP contribution in [0.5, 0.6) is 5.75 Å². The summed E-state index contributed by atoms with van der Waals surface area (Å²) in [5.41, 5.74) is 1.96. The summed E-state index contributed by atoms with van der Waals surface area (Å²) in [5.74, 6) is -0.00786. The van der Waals surface area contributed by atoms with E-state index >= 15 is 0 Å². The molecule has 0 aliphatic rings. The Kier molecular flexibility index (Phi) is 4.12. The van der Waals surface area contributed by atoms with E-state index in [0.29, 0.717) is 11.1 Å². The van der Waals surface area contributed by atoms with Crippen molar-refractivity contribution in [2.75, 3.05) is 0 Å². The quantitative estimate of drug-likeness (QED) is 0.912. The Morgan fingerprint density at radius 2 is 1.79 bits per heavy atom. The molecule has 2 aromatic rings. The molecule has 0 fully saturated rings. The standard InChI is InChI=1S/C15H14F2O2/c1-10-5-4-6-11(9-10)14(18)12-7-2-3-8-13(12)19-15(16)17/h2-9,14-15,18H,1H3. The second-order valence-electron chi connectivity index (χ2n) is 4.23. The zero-order valence-corrected chi connectivity index (χ0v) is 10.4. The molecule has 0 radical (unpaired) electrons. The van der Waals surface area contributed by atoms with Crippen LogP contribution in [0.15, 0.2) is 48.5 Å².